The van der Waals surface area contributed by atoms with E-state index >= 15 is 0 Å². The van der Waals surface area contributed by atoms with Crippen molar-refractivity contribution in [3.05, 3.63) is 46.5 Å². The van der Waals surface area contributed by atoms with Crippen LogP contribution in [0.1, 0.15) is 12.0 Å². The smallest absolute Gasteiger partial charge is 0.269 e. The number of hydrogen-bond donors (Lipinski definition) is 0. The van der Waals surface area contributed by atoms with Crippen LogP contribution in [0.15, 0.2) is 40.9 Å². The van der Waals surface area contributed by atoms with Crippen molar-refractivity contribution in [3.63, 3.8) is 0 Å². The fourth-order valence-corrected chi connectivity index (χ4v) is 1.80. The van der Waals surface area contributed by atoms with Gasteiger partial charge in [-0.2, -0.15) is 0 Å². The van der Waals surface area contributed by atoms with Gasteiger partial charge in [0.2, 0.25) is 0 Å². The molecule has 3 nitrogen and oxygen atoms in total. The largest absolute Gasteiger partial charge is 0.274 e. The van der Waals surface area contributed by atoms with E-state index in [2.05, 4.69) is 22.0 Å². The second-order valence-electron chi connectivity index (χ2n) is 3.55. The Bertz CT molecular complexity index is 404. The SMILES string of the molecule is CON(C)C(=O)C=CCCc1ccccc1Br. The lowest BCUT2D eigenvalue weighted by atomic mass is 10.1. The molecule has 0 spiro atoms. The summed E-state index contributed by atoms with van der Waals surface area (Å²) >= 11 is 3.49. The molecule has 17 heavy (non-hydrogen) atoms. The molecular weight excluding hydrogens is 282 g/mol. The Morgan fingerprint density at radius 2 is 2.18 bits per heavy atom. The second kappa shape index (κ2) is 7.25. The average molecular weight is 298 g/mol. The molecule has 1 rings (SSSR count). The van der Waals surface area contributed by atoms with Gasteiger partial charge in [0.1, 0.15) is 0 Å². The molecule has 1 aromatic rings. The zero-order valence-corrected chi connectivity index (χ0v) is 11.6. The maximum atomic E-state index is 11.4. The minimum Gasteiger partial charge on any atom is -0.274 e. The molecule has 0 saturated carbocycles. The monoisotopic (exact) mass is 297 g/mol. The summed E-state index contributed by atoms with van der Waals surface area (Å²) in [6, 6.07) is 8.08. The Morgan fingerprint density at radius 1 is 1.47 bits per heavy atom. The quantitative estimate of drug-likeness (QED) is 0.618. The van der Waals surface area contributed by atoms with Crippen molar-refractivity contribution in [3.8, 4) is 0 Å². The summed E-state index contributed by atoms with van der Waals surface area (Å²) in [6.45, 7) is 0. The Kier molecular flexibility index (Phi) is 5.94. The van der Waals surface area contributed by atoms with Crippen LogP contribution in [0.4, 0.5) is 0 Å². The van der Waals surface area contributed by atoms with E-state index in [1.54, 1.807) is 7.05 Å². The summed E-state index contributed by atoms with van der Waals surface area (Å²) in [5.74, 6) is -0.153. The van der Waals surface area contributed by atoms with Gasteiger partial charge in [0.15, 0.2) is 0 Å². The second-order valence-corrected chi connectivity index (χ2v) is 4.41. The highest BCUT2D eigenvalue weighted by Gasteiger charge is 2.01. The van der Waals surface area contributed by atoms with E-state index in [-0.39, 0.29) is 5.91 Å². The van der Waals surface area contributed by atoms with Gasteiger partial charge in [-0.15, -0.1) is 0 Å². The first-order chi connectivity index (χ1) is 8.15. The molecule has 0 aromatic heterocycles. The molecule has 0 aliphatic heterocycles. The number of likely N-dealkylation sites (N-methyl/N-ethyl adjacent to an activating group) is 1. The molecule has 0 saturated heterocycles. The maximum Gasteiger partial charge on any atom is 0.269 e. The Labute approximate surface area is 110 Å². The number of rotatable bonds is 5. The van der Waals surface area contributed by atoms with Gasteiger partial charge < -0.3 is 0 Å². The molecule has 0 unspecified atom stereocenters. The third-order valence-electron chi connectivity index (χ3n) is 2.38. The van der Waals surface area contributed by atoms with E-state index in [1.165, 1.54) is 23.8 Å². The van der Waals surface area contributed by atoms with E-state index in [1.807, 2.05) is 24.3 Å². The van der Waals surface area contributed by atoms with Gasteiger partial charge in [0.25, 0.3) is 5.91 Å². The van der Waals surface area contributed by atoms with Crippen LogP contribution in [0.25, 0.3) is 0 Å². The van der Waals surface area contributed by atoms with Crippen LogP contribution in [0.2, 0.25) is 0 Å². The number of hydrogen-bond acceptors (Lipinski definition) is 2. The van der Waals surface area contributed by atoms with Crippen LogP contribution >= 0.6 is 15.9 Å². The normalized spacial score (nSPS) is 10.8. The Balaban J connectivity index is 2.40. The van der Waals surface area contributed by atoms with E-state index in [0.717, 1.165) is 17.3 Å². The lowest BCUT2D eigenvalue weighted by molar-refractivity contribution is -0.162. The Hall–Kier alpha value is -1.13. The molecule has 92 valence electrons. The number of halogens is 1. The lowest BCUT2D eigenvalue weighted by Gasteiger charge is -2.09. The molecule has 0 atom stereocenters. The third-order valence-corrected chi connectivity index (χ3v) is 3.16. The van der Waals surface area contributed by atoms with E-state index < -0.39 is 0 Å². The summed E-state index contributed by atoms with van der Waals surface area (Å²) in [5, 5.41) is 1.19. The summed E-state index contributed by atoms with van der Waals surface area (Å²) in [6.07, 6.45) is 5.12. The van der Waals surface area contributed by atoms with Crippen molar-refractivity contribution < 1.29 is 9.63 Å². The van der Waals surface area contributed by atoms with Crippen molar-refractivity contribution in [2.45, 2.75) is 12.8 Å². The number of amides is 1. The van der Waals surface area contributed by atoms with Gasteiger partial charge in [0, 0.05) is 17.6 Å². The topological polar surface area (TPSA) is 29.5 Å². The number of carbonyl (C=O) groups excluding carboxylic acids is 1. The van der Waals surface area contributed by atoms with Crippen LogP contribution in [-0.2, 0) is 16.1 Å². The van der Waals surface area contributed by atoms with Crippen molar-refractivity contribution >= 4 is 21.8 Å². The van der Waals surface area contributed by atoms with Crippen molar-refractivity contribution in [1.29, 1.82) is 0 Å². The Morgan fingerprint density at radius 3 is 2.82 bits per heavy atom. The number of allylic oxidation sites excluding steroid dienone is 1. The van der Waals surface area contributed by atoms with Crippen LogP contribution < -0.4 is 0 Å². The first-order valence-electron chi connectivity index (χ1n) is 5.37. The number of carbonyl (C=O) groups is 1. The van der Waals surface area contributed by atoms with Crippen molar-refractivity contribution in [2.75, 3.05) is 14.2 Å². The average Bonchev–Trinajstić information content (AvgIpc) is 2.35. The maximum absolute atomic E-state index is 11.4. The van der Waals surface area contributed by atoms with Crippen molar-refractivity contribution in [2.24, 2.45) is 0 Å². The highest BCUT2D eigenvalue weighted by molar-refractivity contribution is 9.10. The summed E-state index contributed by atoms with van der Waals surface area (Å²) in [7, 11) is 3.05. The molecule has 0 aliphatic carbocycles. The molecule has 1 amide bonds. The van der Waals surface area contributed by atoms with Crippen LogP contribution in [0.5, 0.6) is 0 Å². The molecule has 0 bridgehead atoms. The summed E-state index contributed by atoms with van der Waals surface area (Å²) in [5.41, 5.74) is 1.24. The number of benzene rings is 1. The minimum atomic E-state index is -0.153. The van der Waals surface area contributed by atoms with E-state index in [0.29, 0.717) is 0 Å². The molecular formula is C13H16BrNO2. The van der Waals surface area contributed by atoms with E-state index in [4.69, 9.17) is 4.84 Å². The molecule has 0 aliphatic rings. The molecule has 0 heterocycles. The standard InChI is InChI=1S/C13H16BrNO2/c1-15(17-2)13(16)10-6-4-8-11-7-3-5-9-12(11)14/h3,5-7,9-10H,4,8H2,1-2H3. The van der Waals surface area contributed by atoms with Gasteiger partial charge >= 0.3 is 0 Å². The van der Waals surface area contributed by atoms with Crippen LogP contribution in [0, 0.1) is 0 Å². The van der Waals surface area contributed by atoms with Gasteiger partial charge in [-0.05, 0) is 24.5 Å². The van der Waals surface area contributed by atoms with Gasteiger partial charge in [-0.25, -0.2) is 5.06 Å². The molecule has 4 heteroatoms. The zero-order valence-electron chi connectivity index (χ0n) is 10.0. The first-order valence-corrected chi connectivity index (χ1v) is 6.16. The van der Waals surface area contributed by atoms with Crippen molar-refractivity contribution in [1.82, 2.24) is 5.06 Å². The molecule has 0 fully saturated rings. The molecule has 0 radical (unpaired) electrons. The van der Waals surface area contributed by atoms with E-state index in [9.17, 15) is 4.79 Å². The lowest BCUT2D eigenvalue weighted by Crippen LogP contribution is -2.23. The van der Waals surface area contributed by atoms with Gasteiger partial charge in [-0.3, -0.25) is 9.63 Å². The third kappa shape index (κ3) is 4.71. The van der Waals surface area contributed by atoms with Crippen LogP contribution in [-0.4, -0.2) is 25.1 Å². The molecule has 0 N–H and O–H groups in total. The predicted molar refractivity (Wildman–Crippen MR) is 71.4 cm³/mol. The zero-order chi connectivity index (χ0) is 12.7. The fraction of sp³-hybridized carbons (Fsp3) is 0.308. The number of nitrogens with zero attached hydrogens (tertiary/aromatic N) is 1. The number of hydroxylamine groups is 2. The first kappa shape index (κ1) is 13.9. The predicted octanol–water partition coefficient (Wildman–Crippen LogP) is 2.96. The van der Waals surface area contributed by atoms with Gasteiger partial charge in [0.05, 0.1) is 7.11 Å². The molecule has 1 aromatic carbocycles. The number of aryl methyl sites for hydroxylation is 1. The minimum absolute atomic E-state index is 0.153. The highest BCUT2D eigenvalue weighted by Crippen LogP contribution is 2.17. The van der Waals surface area contributed by atoms with Gasteiger partial charge in [-0.1, -0.05) is 40.2 Å². The summed E-state index contributed by atoms with van der Waals surface area (Å²) in [4.78, 5) is 16.1. The highest BCUT2D eigenvalue weighted by atomic mass is 79.9. The van der Waals surface area contributed by atoms with Crippen LogP contribution in [0.3, 0.4) is 0 Å². The summed E-state index contributed by atoms with van der Waals surface area (Å²) < 4.78 is 1.11. The fourth-order valence-electron chi connectivity index (χ4n) is 1.32.